The molecule has 2 aromatic heterocycles. The highest BCUT2D eigenvalue weighted by Crippen LogP contribution is 2.40. The van der Waals surface area contributed by atoms with Crippen LogP contribution in [0.15, 0.2) is 194 Å². The van der Waals surface area contributed by atoms with E-state index >= 15 is 0 Å². The van der Waals surface area contributed by atoms with E-state index in [9.17, 15) is 0 Å². The molecule has 2 nitrogen and oxygen atoms in total. The third-order valence-electron chi connectivity index (χ3n) is 11.6. The third kappa shape index (κ3) is 5.09. The smallest absolute Gasteiger partial charge is 0.0541 e. The summed E-state index contributed by atoms with van der Waals surface area (Å²) in [5.74, 6) is 0. The summed E-state index contributed by atoms with van der Waals surface area (Å²) in [5.41, 5.74) is 15.7. The minimum absolute atomic E-state index is 0.160. The number of benzene rings is 7. The molecule has 2 heteroatoms. The molecule has 0 fully saturated rings. The summed E-state index contributed by atoms with van der Waals surface area (Å²) < 4.78 is 4.83. The fourth-order valence-corrected chi connectivity index (χ4v) is 8.62. The lowest BCUT2D eigenvalue weighted by Gasteiger charge is -2.29. The molecule has 0 aliphatic heterocycles. The van der Waals surface area contributed by atoms with Crippen LogP contribution in [0.5, 0.6) is 0 Å². The van der Waals surface area contributed by atoms with Crippen molar-refractivity contribution in [1.82, 2.24) is 9.13 Å². The summed E-state index contributed by atoms with van der Waals surface area (Å²) in [6.07, 6.45) is 9.53. The Morgan fingerprint density at radius 2 is 0.981 bits per heavy atom. The number of rotatable bonds is 4. The topological polar surface area (TPSA) is 9.86 Å². The molecule has 0 amide bonds. The largest absolute Gasteiger partial charge is 0.309 e. The number of aromatic nitrogens is 2. The van der Waals surface area contributed by atoms with E-state index in [2.05, 4.69) is 212 Å². The number of hydrogen-bond acceptors (Lipinski definition) is 0. The van der Waals surface area contributed by atoms with Crippen LogP contribution in [0.1, 0.15) is 25.0 Å². The summed E-state index contributed by atoms with van der Waals surface area (Å²) in [4.78, 5) is 0. The summed E-state index contributed by atoms with van der Waals surface area (Å²) in [6.45, 7) is 8.99. The van der Waals surface area contributed by atoms with Crippen molar-refractivity contribution in [3.63, 3.8) is 0 Å². The number of hydrogen-bond donors (Lipinski definition) is 0. The average molecular weight is 693 g/mol. The Morgan fingerprint density at radius 1 is 0.463 bits per heavy atom. The molecular weight excluding hydrogens is 653 g/mol. The van der Waals surface area contributed by atoms with E-state index in [0.29, 0.717) is 0 Å². The molecule has 0 spiro atoms. The van der Waals surface area contributed by atoms with E-state index in [0.717, 1.165) is 17.7 Å². The molecule has 10 rings (SSSR count). The van der Waals surface area contributed by atoms with Crippen LogP contribution in [0.3, 0.4) is 0 Å². The van der Waals surface area contributed by atoms with Crippen LogP contribution in [-0.2, 0) is 11.8 Å². The summed E-state index contributed by atoms with van der Waals surface area (Å²) in [5, 5.41) is 5.02. The molecule has 7 aromatic carbocycles. The van der Waals surface area contributed by atoms with E-state index in [1.807, 2.05) is 0 Å². The number of para-hydroxylation sites is 2. The molecule has 258 valence electrons. The van der Waals surface area contributed by atoms with Crippen LogP contribution >= 0.6 is 0 Å². The second-order valence-corrected chi connectivity index (χ2v) is 15.1. The molecule has 0 atom stereocenters. The quantitative estimate of drug-likeness (QED) is 0.174. The van der Waals surface area contributed by atoms with Crippen molar-refractivity contribution >= 4 is 43.6 Å². The van der Waals surface area contributed by atoms with Gasteiger partial charge >= 0.3 is 0 Å². The van der Waals surface area contributed by atoms with Gasteiger partial charge in [-0.25, -0.2) is 0 Å². The van der Waals surface area contributed by atoms with Gasteiger partial charge in [0, 0.05) is 38.3 Å². The van der Waals surface area contributed by atoms with Gasteiger partial charge < -0.3 is 9.13 Å². The highest BCUT2D eigenvalue weighted by molar-refractivity contribution is 6.12. The average Bonchev–Trinajstić information content (AvgIpc) is 3.74. The summed E-state index contributed by atoms with van der Waals surface area (Å²) >= 11 is 0. The van der Waals surface area contributed by atoms with Crippen molar-refractivity contribution in [2.24, 2.45) is 0 Å². The Hall–Kier alpha value is -6.64. The summed E-state index contributed by atoms with van der Waals surface area (Å²) in [7, 11) is 0. The van der Waals surface area contributed by atoms with Gasteiger partial charge in [-0.2, -0.15) is 0 Å². The molecule has 0 saturated carbocycles. The molecule has 54 heavy (non-hydrogen) atoms. The first kappa shape index (κ1) is 32.0. The van der Waals surface area contributed by atoms with Crippen LogP contribution in [0, 0.1) is 0 Å². The van der Waals surface area contributed by atoms with Gasteiger partial charge in [-0.05, 0) is 106 Å². The Kier molecular flexibility index (Phi) is 7.42. The van der Waals surface area contributed by atoms with Crippen molar-refractivity contribution in [3.05, 3.63) is 205 Å². The lowest BCUT2D eigenvalue weighted by Crippen LogP contribution is -2.21. The van der Waals surface area contributed by atoms with Crippen molar-refractivity contribution in [2.45, 2.75) is 25.7 Å². The van der Waals surface area contributed by atoms with Crippen molar-refractivity contribution in [2.75, 3.05) is 0 Å². The number of fused-ring (bicyclic) bond motifs is 7. The Morgan fingerprint density at radius 3 is 1.63 bits per heavy atom. The lowest BCUT2D eigenvalue weighted by atomic mass is 9.75. The molecule has 0 radical (unpaired) electrons. The minimum atomic E-state index is -0.160. The predicted molar refractivity (Wildman–Crippen MR) is 230 cm³/mol. The van der Waals surface area contributed by atoms with E-state index in [-0.39, 0.29) is 5.41 Å². The predicted octanol–water partition coefficient (Wildman–Crippen LogP) is 13.7. The van der Waals surface area contributed by atoms with Crippen LogP contribution in [0.25, 0.3) is 77.2 Å². The number of nitrogens with zero attached hydrogens (tertiary/aromatic N) is 2. The van der Waals surface area contributed by atoms with Gasteiger partial charge in [-0.3, -0.25) is 0 Å². The Bertz CT molecular complexity index is 2980. The molecular formula is C52H40N2. The summed E-state index contributed by atoms with van der Waals surface area (Å²) in [6, 6.07) is 58.0. The van der Waals surface area contributed by atoms with Gasteiger partial charge in [0.1, 0.15) is 0 Å². The second kappa shape index (κ2) is 12.5. The van der Waals surface area contributed by atoms with E-state index in [1.165, 1.54) is 82.7 Å². The highest BCUT2D eigenvalue weighted by atomic mass is 15.0. The molecule has 1 aliphatic carbocycles. The van der Waals surface area contributed by atoms with Crippen LogP contribution < -0.4 is 0 Å². The fourth-order valence-electron chi connectivity index (χ4n) is 8.62. The van der Waals surface area contributed by atoms with Crippen molar-refractivity contribution in [1.29, 1.82) is 0 Å². The van der Waals surface area contributed by atoms with Gasteiger partial charge in [0.25, 0.3) is 0 Å². The Balaban J connectivity index is 1.09. The SMILES string of the molecule is C=C1/C=C\C=C/Cc2cc(-n3c4ccccc4c4cc(-c5ccc6c(c5)c5ccccc5n6-c5ccc(-c6ccccc6)cc5)ccc43)ccc2C1(C)C. The van der Waals surface area contributed by atoms with Gasteiger partial charge in [0.05, 0.1) is 22.1 Å². The van der Waals surface area contributed by atoms with E-state index < -0.39 is 0 Å². The van der Waals surface area contributed by atoms with Gasteiger partial charge in [0.15, 0.2) is 0 Å². The second-order valence-electron chi connectivity index (χ2n) is 15.1. The first-order valence-corrected chi connectivity index (χ1v) is 18.8. The number of allylic oxidation sites excluding steroid dienone is 5. The molecule has 0 bridgehead atoms. The maximum atomic E-state index is 4.43. The van der Waals surface area contributed by atoms with Crippen LogP contribution in [0.2, 0.25) is 0 Å². The van der Waals surface area contributed by atoms with E-state index in [4.69, 9.17) is 0 Å². The molecule has 0 N–H and O–H groups in total. The first-order valence-electron chi connectivity index (χ1n) is 18.8. The molecule has 0 unspecified atom stereocenters. The maximum Gasteiger partial charge on any atom is 0.0541 e. The van der Waals surface area contributed by atoms with Gasteiger partial charge in [-0.1, -0.05) is 142 Å². The molecule has 1 aliphatic rings. The zero-order valence-corrected chi connectivity index (χ0v) is 30.6. The zero-order valence-electron chi connectivity index (χ0n) is 30.6. The van der Waals surface area contributed by atoms with Gasteiger partial charge in [-0.15, -0.1) is 0 Å². The lowest BCUT2D eigenvalue weighted by molar-refractivity contribution is 0.635. The molecule has 9 aromatic rings. The molecule has 2 heterocycles. The maximum absolute atomic E-state index is 4.43. The first-order chi connectivity index (χ1) is 26.5. The fraction of sp³-hybridized carbons (Fsp3) is 0.0769. The highest BCUT2D eigenvalue weighted by Gasteiger charge is 2.26. The zero-order chi connectivity index (χ0) is 36.4. The third-order valence-corrected chi connectivity index (χ3v) is 11.6. The Labute approximate surface area is 316 Å². The van der Waals surface area contributed by atoms with Crippen LogP contribution in [-0.4, -0.2) is 9.13 Å². The minimum Gasteiger partial charge on any atom is -0.309 e. The van der Waals surface area contributed by atoms with E-state index in [1.54, 1.807) is 0 Å². The van der Waals surface area contributed by atoms with Gasteiger partial charge in [0.2, 0.25) is 0 Å². The normalized spacial score (nSPS) is 15.3. The monoisotopic (exact) mass is 692 g/mol. The molecule has 0 saturated heterocycles. The van der Waals surface area contributed by atoms with Crippen LogP contribution in [0.4, 0.5) is 0 Å². The van der Waals surface area contributed by atoms with Crippen molar-refractivity contribution in [3.8, 4) is 33.6 Å². The van der Waals surface area contributed by atoms with Crippen molar-refractivity contribution < 1.29 is 0 Å². The standard InChI is InChI=1S/C52H40N2/c1-35-14-6-4-9-17-40-32-42(28-29-47(40)52(35,2)3)54-49-21-13-11-19-44(49)46-34-39(25-31-51(46)54)38-24-30-50-45(33-38)43-18-10-12-20-48(43)53(50)41-26-22-37(23-27-41)36-15-7-5-8-16-36/h4-16,18-34H,1,17H2,2-3H3/b9-4-,14-6-.